The monoisotopic (exact) mass is 240 g/mol. The van der Waals surface area contributed by atoms with Crippen molar-refractivity contribution >= 4 is 11.9 Å². The molecule has 0 aromatic carbocycles. The highest BCUT2D eigenvalue weighted by atomic mass is 16.5. The highest BCUT2D eigenvalue weighted by Crippen LogP contribution is 2.26. The van der Waals surface area contributed by atoms with Gasteiger partial charge in [0, 0.05) is 18.6 Å². The third-order valence-electron chi connectivity index (χ3n) is 3.62. The van der Waals surface area contributed by atoms with Crippen LogP contribution in [0.4, 0.5) is 0 Å². The first kappa shape index (κ1) is 12.4. The standard InChI is InChI=1S/C12H20N2O3/c1-2-17-12(16)11(15)13-9-5-7-14-6-3-4-10(14)8-9/h9-10H,2-8H2,1H3,(H,13,15). The SMILES string of the molecule is CCOC(=O)C(=O)NC1CCN2CCCC2C1. The Morgan fingerprint density at radius 2 is 2.18 bits per heavy atom. The van der Waals surface area contributed by atoms with E-state index in [0.717, 1.165) is 19.4 Å². The Labute approximate surface area is 101 Å². The van der Waals surface area contributed by atoms with E-state index < -0.39 is 11.9 Å². The lowest BCUT2D eigenvalue weighted by atomic mass is 9.97. The predicted molar refractivity (Wildman–Crippen MR) is 62.4 cm³/mol. The summed E-state index contributed by atoms with van der Waals surface area (Å²) < 4.78 is 4.67. The first-order valence-electron chi connectivity index (χ1n) is 6.42. The molecule has 17 heavy (non-hydrogen) atoms. The van der Waals surface area contributed by atoms with Gasteiger partial charge in [0.25, 0.3) is 0 Å². The maximum absolute atomic E-state index is 11.5. The van der Waals surface area contributed by atoms with Gasteiger partial charge in [-0.3, -0.25) is 4.79 Å². The number of nitrogens with zero attached hydrogens (tertiary/aromatic N) is 1. The summed E-state index contributed by atoms with van der Waals surface area (Å²) in [5.41, 5.74) is 0. The first-order valence-corrected chi connectivity index (χ1v) is 6.42. The van der Waals surface area contributed by atoms with Gasteiger partial charge in [0.05, 0.1) is 6.61 Å². The average Bonchev–Trinajstić information content (AvgIpc) is 2.76. The van der Waals surface area contributed by atoms with Crippen molar-refractivity contribution in [2.75, 3.05) is 19.7 Å². The summed E-state index contributed by atoms with van der Waals surface area (Å²) >= 11 is 0. The number of piperidine rings is 1. The molecule has 0 aromatic rings. The summed E-state index contributed by atoms with van der Waals surface area (Å²) in [5, 5.41) is 2.78. The van der Waals surface area contributed by atoms with Gasteiger partial charge in [-0.15, -0.1) is 0 Å². The van der Waals surface area contributed by atoms with Crippen LogP contribution in [0.5, 0.6) is 0 Å². The highest BCUT2D eigenvalue weighted by molar-refractivity contribution is 6.32. The van der Waals surface area contributed by atoms with E-state index >= 15 is 0 Å². The van der Waals surface area contributed by atoms with Crippen LogP contribution < -0.4 is 5.32 Å². The average molecular weight is 240 g/mol. The van der Waals surface area contributed by atoms with Crippen LogP contribution in [0.1, 0.15) is 32.6 Å². The second kappa shape index (κ2) is 5.49. The number of hydrogen-bond donors (Lipinski definition) is 1. The second-order valence-electron chi connectivity index (χ2n) is 4.75. The molecular formula is C12H20N2O3. The van der Waals surface area contributed by atoms with E-state index in [1.54, 1.807) is 6.92 Å². The minimum absolute atomic E-state index is 0.131. The molecule has 2 rings (SSSR count). The Bertz CT molecular complexity index is 306. The zero-order valence-corrected chi connectivity index (χ0v) is 10.3. The van der Waals surface area contributed by atoms with Crippen LogP contribution in [0.25, 0.3) is 0 Å². The molecule has 0 spiro atoms. The van der Waals surface area contributed by atoms with E-state index in [2.05, 4.69) is 15.0 Å². The molecule has 2 aliphatic heterocycles. The van der Waals surface area contributed by atoms with Gasteiger partial charge in [0.15, 0.2) is 0 Å². The van der Waals surface area contributed by atoms with Crippen LogP contribution in [0.2, 0.25) is 0 Å². The molecule has 0 radical (unpaired) electrons. The molecule has 0 saturated carbocycles. The van der Waals surface area contributed by atoms with Crippen LogP contribution in [0.15, 0.2) is 0 Å². The van der Waals surface area contributed by atoms with E-state index in [1.165, 1.54) is 19.4 Å². The summed E-state index contributed by atoms with van der Waals surface area (Å²) in [4.78, 5) is 25.2. The number of carbonyl (C=O) groups is 2. The van der Waals surface area contributed by atoms with Gasteiger partial charge in [-0.1, -0.05) is 0 Å². The van der Waals surface area contributed by atoms with E-state index in [9.17, 15) is 9.59 Å². The van der Waals surface area contributed by atoms with Gasteiger partial charge in [-0.25, -0.2) is 4.79 Å². The summed E-state index contributed by atoms with van der Waals surface area (Å²) in [7, 11) is 0. The fourth-order valence-electron chi connectivity index (χ4n) is 2.80. The molecule has 2 atom stereocenters. The first-order chi connectivity index (χ1) is 8.20. The number of carbonyl (C=O) groups excluding carboxylic acids is 2. The van der Waals surface area contributed by atoms with E-state index in [1.807, 2.05) is 0 Å². The van der Waals surface area contributed by atoms with Crippen molar-refractivity contribution in [3.63, 3.8) is 0 Å². The number of hydrogen-bond acceptors (Lipinski definition) is 4. The van der Waals surface area contributed by atoms with Crippen molar-refractivity contribution in [1.82, 2.24) is 10.2 Å². The van der Waals surface area contributed by atoms with Crippen LogP contribution in [0, 0.1) is 0 Å². The number of esters is 1. The van der Waals surface area contributed by atoms with Gasteiger partial charge in [0.2, 0.25) is 0 Å². The van der Waals surface area contributed by atoms with Gasteiger partial charge >= 0.3 is 11.9 Å². The molecule has 5 heteroatoms. The number of fused-ring (bicyclic) bond motifs is 1. The van der Waals surface area contributed by atoms with Crippen molar-refractivity contribution in [3.05, 3.63) is 0 Å². The third-order valence-corrected chi connectivity index (χ3v) is 3.62. The molecule has 2 heterocycles. The Balaban J connectivity index is 1.79. The molecule has 2 saturated heterocycles. The van der Waals surface area contributed by atoms with Crippen LogP contribution >= 0.6 is 0 Å². The van der Waals surface area contributed by atoms with Gasteiger partial charge in [-0.2, -0.15) is 0 Å². The number of nitrogens with one attached hydrogen (secondary N) is 1. The summed E-state index contributed by atoms with van der Waals surface area (Å²) in [5.74, 6) is -1.36. The van der Waals surface area contributed by atoms with Crippen LogP contribution in [-0.2, 0) is 14.3 Å². The highest BCUT2D eigenvalue weighted by Gasteiger charge is 2.33. The van der Waals surface area contributed by atoms with E-state index in [-0.39, 0.29) is 12.6 Å². The smallest absolute Gasteiger partial charge is 0.396 e. The zero-order valence-electron chi connectivity index (χ0n) is 10.3. The maximum atomic E-state index is 11.5. The Kier molecular flexibility index (Phi) is 3.99. The number of amides is 1. The van der Waals surface area contributed by atoms with Crippen LogP contribution in [0.3, 0.4) is 0 Å². The van der Waals surface area contributed by atoms with Crippen molar-refractivity contribution in [2.24, 2.45) is 0 Å². The minimum atomic E-state index is -0.763. The van der Waals surface area contributed by atoms with E-state index in [4.69, 9.17) is 0 Å². The molecule has 0 aromatic heterocycles. The fourth-order valence-corrected chi connectivity index (χ4v) is 2.80. The van der Waals surface area contributed by atoms with Gasteiger partial charge in [0.1, 0.15) is 0 Å². The third kappa shape index (κ3) is 2.97. The second-order valence-corrected chi connectivity index (χ2v) is 4.75. The summed E-state index contributed by atoms with van der Waals surface area (Å²) in [6, 6.07) is 0.725. The van der Waals surface area contributed by atoms with Crippen LogP contribution in [-0.4, -0.2) is 48.6 Å². The number of ether oxygens (including phenoxy) is 1. The zero-order chi connectivity index (χ0) is 12.3. The summed E-state index contributed by atoms with van der Waals surface area (Å²) in [6.45, 7) is 4.15. The quantitative estimate of drug-likeness (QED) is 0.557. The minimum Gasteiger partial charge on any atom is -0.459 e. The molecule has 1 amide bonds. The molecule has 2 aliphatic rings. The molecule has 0 aliphatic carbocycles. The normalized spacial score (nSPS) is 28.5. The van der Waals surface area contributed by atoms with Crippen molar-refractivity contribution in [3.8, 4) is 0 Å². The predicted octanol–water partition coefficient (Wildman–Crippen LogP) is 0.293. The number of rotatable bonds is 2. The molecule has 1 N–H and O–H groups in total. The Morgan fingerprint density at radius 3 is 2.94 bits per heavy atom. The molecule has 96 valence electrons. The van der Waals surface area contributed by atoms with Crippen molar-refractivity contribution < 1.29 is 14.3 Å². The fraction of sp³-hybridized carbons (Fsp3) is 0.833. The molecule has 2 fully saturated rings. The molecule has 2 unspecified atom stereocenters. The Morgan fingerprint density at radius 1 is 1.35 bits per heavy atom. The largest absolute Gasteiger partial charge is 0.459 e. The maximum Gasteiger partial charge on any atom is 0.396 e. The molecule has 5 nitrogen and oxygen atoms in total. The molecular weight excluding hydrogens is 220 g/mol. The Hall–Kier alpha value is -1.10. The lowest BCUT2D eigenvalue weighted by molar-refractivity contribution is -0.155. The van der Waals surface area contributed by atoms with Gasteiger partial charge in [-0.05, 0) is 39.2 Å². The van der Waals surface area contributed by atoms with Crippen molar-refractivity contribution in [2.45, 2.75) is 44.7 Å². The van der Waals surface area contributed by atoms with Gasteiger partial charge < -0.3 is 15.0 Å². The lowest BCUT2D eigenvalue weighted by Gasteiger charge is -2.34. The topological polar surface area (TPSA) is 58.6 Å². The summed E-state index contributed by atoms with van der Waals surface area (Å²) in [6.07, 6.45) is 4.36. The molecule has 0 bridgehead atoms. The van der Waals surface area contributed by atoms with E-state index in [0.29, 0.717) is 6.04 Å². The van der Waals surface area contributed by atoms with Crippen molar-refractivity contribution in [1.29, 1.82) is 0 Å². The lowest BCUT2D eigenvalue weighted by Crippen LogP contribution is -2.49.